The summed E-state index contributed by atoms with van der Waals surface area (Å²) in [5.74, 6) is 0.106. The van der Waals surface area contributed by atoms with Gasteiger partial charge < -0.3 is 9.47 Å². The van der Waals surface area contributed by atoms with Crippen molar-refractivity contribution in [1.29, 1.82) is 0 Å². The second-order valence-corrected chi connectivity index (χ2v) is 5.29. The number of ether oxygens (including phenoxy) is 2. The molecule has 3 nitrogen and oxygen atoms in total. The van der Waals surface area contributed by atoms with Crippen LogP contribution in [0.15, 0.2) is 24.3 Å². The zero-order chi connectivity index (χ0) is 11.5. The van der Waals surface area contributed by atoms with Crippen molar-refractivity contribution in [3.8, 4) is 5.75 Å². The fourth-order valence-corrected chi connectivity index (χ4v) is 3.79. The number of carbonyl (C=O) groups is 1. The summed E-state index contributed by atoms with van der Waals surface area (Å²) in [5, 5.41) is 0. The van der Waals surface area contributed by atoms with Crippen LogP contribution in [0.25, 0.3) is 0 Å². The summed E-state index contributed by atoms with van der Waals surface area (Å²) in [6.45, 7) is 0. The van der Waals surface area contributed by atoms with Crippen LogP contribution in [0.4, 0.5) is 0 Å². The van der Waals surface area contributed by atoms with Gasteiger partial charge in [-0.2, -0.15) is 0 Å². The van der Waals surface area contributed by atoms with Crippen molar-refractivity contribution in [2.75, 3.05) is 0 Å². The van der Waals surface area contributed by atoms with Crippen LogP contribution in [-0.4, -0.2) is 11.8 Å². The lowest BCUT2D eigenvalue weighted by Crippen LogP contribution is -2.50. The van der Waals surface area contributed by atoms with Crippen LogP contribution in [-0.2, 0) is 14.9 Å². The highest BCUT2D eigenvalue weighted by molar-refractivity contribution is 5.77. The van der Waals surface area contributed by atoms with Gasteiger partial charge in [-0.15, -0.1) is 0 Å². The minimum Gasteiger partial charge on any atom is -0.451 e. The van der Waals surface area contributed by atoms with Gasteiger partial charge in [-0.1, -0.05) is 24.6 Å². The zero-order valence-corrected chi connectivity index (χ0v) is 9.57. The Morgan fingerprint density at radius 2 is 1.88 bits per heavy atom. The molecule has 0 unspecified atom stereocenters. The molecule has 1 saturated carbocycles. The van der Waals surface area contributed by atoms with E-state index in [1.54, 1.807) is 0 Å². The molecule has 88 valence electrons. The highest BCUT2D eigenvalue weighted by Crippen LogP contribution is 2.61. The fourth-order valence-electron chi connectivity index (χ4n) is 3.79. The molecule has 3 heteroatoms. The molecular weight excluding hydrogens is 216 g/mol. The van der Waals surface area contributed by atoms with Gasteiger partial charge in [-0.3, -0.25) is 4.79 Å². The summed E-state index contributed by atoms with van der Waals surface area (Å²) in [5.41, 5.74) is 0.962. The van der Waals surface area contributed by atoms with Gasteiger partial charge in [-0.25, -0.2) is 0 Å². The topological polar surface area (TPSA) is 35.5 Å². The predicted octanol–water partition coefficient (Wildman–Crippen LogP) is 2.53. The Kier molecular flexibility index (Phi) is 1.59. The minimum atomic E-state index is -0.688. The summed E-state index contributed by atoms with van der Waals surface area (Å²) in [4.78, 5) is 11.7. The van der Waals surface area contributed by atoms with Gasteiger partial charge in [0.15, 0.2) is 0 Å². The Hall–Kier alpha value is -1.51. The molecule has 0 spiro atoms. The smallest absolute Gasteiger partial charge is 0.310 e. The third-order valence-corrected chi connectivity index (χ3v) is 4.49. The van der Waals surface area contributed by atoms with E-state index in [0.717, 1.165) is 31.4 Å². The Morgan fingerprint density at radius 3 is 2.82 bits per heavy atom. The van der Waals surface area contributed by atoms with Gasteiger partial charge in [0.1, 0.15) is 5.75 Å². The second kappa shape index (κ2) is 2.84. The van der Waals surface area contributed by atoms with Crippen molar-refractivity contribution < 1.29 is 14.3 Å². The maximum absolute atomic E-state index is 11.7. The first-order valence-corrected chi connectivity index (χ1v) is 6.26. The van der Waals surface area contributed by atoms with Crippen molar-refractivity contribution in [2.24, 2.45) is 0 Å². The average Bonchev–Trinajstić information content (AvgIpc) is 2.75. The van der Waals surface area contributed by atoms with Crippen LogP contribution in [0.3, 0.4) is 0 Å². The normalized spacial score (nSPS) is 37.8. The minimum absolute atomic E-state index is 0.110. The van der Waals surface area contributed by atoms with E-state index in [9.17, 15) is 4.79 Å². The maximum atomic E-state index is 11.7. The largest absolute Gasteiger partial charge is 0.451 e. The number of hydrogen-bond acceptors (Lipinski definition) is 3. The summed E-state index contributed by atoms with van der Waals surface area (Å²) in [6.07, 6.45) is 4.52. The molecule has 17 heavy (non-hydrogen) atoms. The molecule has 2 fully saturated rings. The van der Waals surface area contributed by atoms with Crippen LogP contribution >= 0.6 is 0 Å². The third kappa shape index (κ3) is 0.961. The lowest BCUT2D eigenvalue weighted by atomic mass is 9.66. The Balaban J connectivity index is 1.96. The highest BCUT2D eigenvalue weighted by atomic mass is 16.7. The molecule has 2 heterocycles. The van der Waals surface area contributed by atoms with Gasteiger partial charge in [-0.05, 0) is 18.9 Å². The summed E-state index contributed by atoms with van der Waals surface area (Å²) in [6, 6.07) is 8.06. The van der Waals surface area contributed by atoms with Crippen molar-refractivity contribution in [2.45, 2.75) is 43.3 Å². The van der Waals surface area contributed by atoms with Gasteiger partial charge in [0.05, 0.1) is 11.8 Å². The highest BCUT2D eigenvalue weighted by Gasteiger charge is 2.68. The molecule has 4 rings (SSSR count). The van der Waals surface area contributed by atoms with Gasteiger partial charge in [0.25, 0.3) is 5.79 Å². The lowest BCUT2D eigenvalue weighted by Gasteiger charge is -2.39. The number of benzene rings is 1. The molecule has 2 aliphatic heterocycles. The number of carbonyl (C=O) groups excluding carboxylic acids is 1. The predicted molar refractivity (Wildman–Crippen MR) is 60.7 cm³/mol. The molecule has 1 aliphatic carbocycles. The Morgan fingerprint density at radius 1 is 1.06 bits per heavy atom. The van der Waals surface area contributed by atoms with Gasteiger partial charge >= 0.3 is 5.97 Å². The van der Waals surface area contributed by atoms with E-state index >= 15 is 0 Å². The van der Waals surface area contributed by atoms with Crippen molar-refractivity contribution in [1.82, 2.24) is 0 Å². The molecule has 0 N–H and O–H groups in total. The van der Waals surface area contributed by atoms with E-state index in [1.807, 2.05) is 18.2 Å². The third-order valence-electron chi connectivity index (χ3n) is 4.49. The summed E-state index contributed by atoms with van der Waals surface area (Å²) >= 11 is 0. The Bertz CT molecular complexity index is 510. The molecule has 2 atom stereocenters. The number of esters is 1. The van der Waals surface area contributed by atoms with E-state index in [-0.39, 0.29) is 11.4 Å². The van der Waals surface area contributed by atoms with E-state index in [1.165, 1.54) is 5.56 Å². The van der Waals surface area contributed by atoms with Crippen LogP contribution in [0.5, 0.6) is 5.75 Å². The number of fused-ring (bicyclic) bond motifs is 1. The molecule has 0 bridgehead atoms. The lowest BCUT2D eigenvalue weighted by molar-refractivity contribution is -0.194. The average molecular weight is 230 g/mol. The van der Waals surface area contributed by atoms with Gasteiger partial charge in [0.2, 0.25) is 0 Å². The molecule has 1 aromatic carbocycles. The van der Waals surface area contributed by atoms with Crippen LogP contribution < -0.4 is 4.74 Å². The van der Waals surface area contributed by atoms with Crippen molar-refractivity contribution in [3.63, 3.8) is 0 Å². The molecule has 0 radical (unpaired) electrons. The van der Waals surface area contributed by atoms with E-state index < -0.39 is 5.79 Å². The molecule has 1 aromatic rings. The van der Waals surface area contributed by atoms with Crippen molar-refractivity contribution >= 4 is 5.97 Å². The van der Waals surface area contributed by atoms with Crippen LogP contribution in [0.2, 0.25) is 0 Å². The molecule has 0 amide bonds. The number of rotatable bonds is 0. The van der Waals surface area contributed by atoms with E-state index in [4.69, 9.17) is 9.47 Å². The molecule has 3 aliphatic rings. The quantitative estimate of drug-likeness (QED) is 0.642. The second-order valence-electron chi connectivity index (χ2n) is 5.29. The SMILES string of the molecule is O=C1C[C@]23CCCC[C@@]2(O1)Oc1ccccc13. The van der Waals surface area contributed by atoms with Crippen LogP contribution in [0, 0.1) is 0 Å². The van der Waals surface area contributed by atoms with Crippen LogP contribution in [0.1, 0.15) is 37.7 Å². The number of hydrogen-bond donors (Lipinski definition) is 0. The first-order chi connectivity index (χ1) is 8.26. The Labute approximate surface area is 99.7 Å². The summed E-state index contributed by atoms with van der Waals surface area (Å²) < 4.78 is 11.6. The maximum Gasteiger partial charge on any atom is 0.310 e. The van der Waals surface area contributed by atoms with Crippen molar-refractivity contribution in [3.05, 3.63) is 29.8 Å². The summed E-state index contributed by atoms with van der Waals surface area (Å²) in [7, 11) is 0. The molecular formula is C14H14O3. The van der Waals surface area contributed by atoms with Gasteiger partial charge in [0, 0.05) is 12.0 Å². The first kappa shape index (κ1) is 9.51. The first-order valence-electron chi connectivity index (χ1n) is 6.26. The zero-order valence-electron chi connectivity index (χ0n) is 9.57. The molecule has 0 aromatic heterocycles. The monoisotopic (exact) mass is 230 g/mol. The molecule has 1 saturated heterocycles. The fraction of sp³-hybridized carbons (Fsp3) is 0.500. The van der Waals surface area contributed by atoms with E-state index in [0.29, 0.717) is 6.42 Å². The van der Waals surface area contributed by atoms with E-state index in [2.05, 4.69) is 6.07 Å². The standard InChI is InChI=1S/C14H14O3/c15-12-9-13-7-3-4-8-14(13,17-12)16-11-6-2-1-5-10(11)13/h1-2,5-6H,3-4,7-9H2/t13-,14-/m0/s1. The number of para-hydroxylation sites is 1.